The SMILES string of the molecule is COc1c(C)cc(C(c2cc(C)c(OC)c(C)c2)N2[C@H](C(=O)CCCC3CCCCC3)[C@@H]2C2CCCCC2)cc1C. The summed E-state index contributed by atoms with van der Waals surface area (Å²) in [4.78, 5) is 16.7. The van der Waals surface area contributed by atoms with Crippen molar-refractivity contribution in [2.75, 3.05) is 14.2 Å². The topological polar surface area (TPSA) is 38.5 Å². The maximum atomic E-state index is 14.1. The minimum atomic E-state index is 0.0277. The number of benzene rings is 2. The number of carbonyl (C=O) groups is 1. The van der Waals surface area contributed by atoms with Gasteiger partial charge in [-0.25, -0.2) is 0 Å². The van der Waals surface area contributed by atoms with E-state index in [1.54, 1.807) is 14.2 Å². The number of Topliss-reactive ketones (excluding diaryl/α,β-unsaturated/α-hetero) is 1. The second-order valence-electron chi connectivity index (χ2n) is 13.4. The van der Waals surface area contributed by atoms with Crippen molar-refractivity contribution < 1.29 is 14.3 Å². The van der Waals surface area contributed by atoms with E-state index in [1.807, 2.05) is 0 Å². The van der Waals surface area contributed by atoms with Crippen LogP contribution in [0.1, 0.15) is 123 Å². The molecule has 41 heavy (non-hydrogen) atoms. The van der Waals surface area contributed by atoms with Crippen molar-refractivity contribution in [1.29, 1.82) is 0 Å². The maximum Gasteiger partial charge on any atom is 0.151 e. The quantitative estimate of drug-likeness (QED) is 0.258. The zero-order valence-corrected chi connectivity index (χ0v) is 26.6. The third-order valence-electron chi connectivity index (χ3n) is 10.4. The molecule has 2 aromatic carbocycles. The standard InChI is InChI=1S/C37H53NO3/c1-24-20-30(21-25(2)36(24)40-5)33(31-22-26(3)37(41-6)27(4)23-31)38-34(29-17-11-8-12-18-29)35(38)32(39)19-13-16-28-14-9-7-10-15-28/h20-23,28-29,33-35H,7-19H2,1-6H3/t34-,35+,38?/m0/s1. The van der Waals surface area contributed by atoms with Gasteiger partial charge in [0, 0.05) is 12.5 Å². The van der Waals surface area contributed by atoms with Crippen LogP contribution in [0.25, 0.3) is 0 Å². The summed E-state index contributed by atoms with van der Waals surface area (Å²) in [6.45, 7) is 8.58. The minimum Gasteiger partial charge on any atom is -0.496 e. The van der Waals surface area contributed by atoms with Crippen LogP contribution in [0, 0.1) is 39.5 Å². The molecule has 0 amide bonds. The third kappa shape index (κ3) is 6.53. The van der Waals surface area contributed by atoms with Crippen molar-refractivity contribution in [1.82, 2.24) is 4.90 Å². The van der Waals surface area contributed by atoms with Crippen LogP contribution < -0.4 is 9.47 Å². The van der Waals surface area contributed by atoms with Crippen LogP contribution in [0.5, 0.6) is 11.5 Å². The fourth-order valence-electron chi connectivity index (χ4n) is 8.59. The molecule has 3 atom stereocenters. The number of carbonyl (C=O) groups excluding carboxylic acids is 1. The number of ether oxygens (including phenoxy) is 2. The van der Waals surface area contributed by atoms with Gasteiger partial charge in [-0.1, -0.05) is 82.1 Å². The first kappa shape index (κ1) is 30.1. The van der Waals surface area contributed by atoms with Gasteiger partial charge in [0.1, 0.15) is 11.5 Å². The van der Waals surface area contributed by atoms with E-state index in [0.717, 1.165) is 52.5 Å². The van der Waals surface area contributed by atoms with Crippen molar-refractivity contribution in [3.05, 3.63) is 57.6 Å². The summed E-state index contributed by atoms with van der Waals surface area (Å²) in [6.07, 6.45) is 16.3. The van der Waals surface area contributed by atoms with E-state index in [0.29, 0.717) is 17.7 Å². The van der Waals surface area contributed by atoms with Crippen molar-refractivity contribution >= 4 is 5.78 Å². The largest absolute Gasteiger partial charge is 0.496 e. The van der Waals surface area contributed by atoms with Gasteiger partial charge < -0.3 is 9.47 Å². The van der Waals surface area contributed by atoms with Crippen LogP contribution in [0.3, 0.4) is 0 Å². The fraction of sp³-hybridized carbons (Fsp3) is 0.649. The van der Waals surface area contributed by atoms with Crippen LogP contribution >= 0.6 is 0 Å². The van der Waals surface area contributed by atoms with Crippen LogP contribution in [-0.4, -0.2) is 37.0 Å². The van der Waals surface area contributed by atoms with Crippen molar-refractivity contribution in [2.24, 2.45) is 11.8 Å². The van der Waals surface area contributed by atoms with Gasteiger partial charge in [0.25, 0.3) is 0 Å². The lowest BCUT2D eigenvalue weighted by molar-refractivity contribution is -0.119. The molecule has 0 spiro atoms. The van der Waals surface area contributed by atoms with E-state index in [2.05, 4.69) is 56.9 Å². The van der Waals surface area contributed by atoms with E-state index in [4.69, 9.17) is 9.47 Å². The predicted octanol–water partition coefficient (Wildman–Crippen LogP) is 8.98. The average molecular weight is 560 g/mol. The highest BCUT2D eigenvalue weighted by atomic mass is 16.5. The molecule has 4 nitrogen and oxygen atoms in total. The van der Waals surface area contributed by atoms with Gasteiger partial charge in [0.05, 0.1) is 26.3 Å². The number of rotatable bonds is 11. The normalized spacial score (nSPS) is 23.5. The number of aryl methyl sites for hydroxylation is 4. The number of nitrogens with zero attached hydrogens (tertiary/aromatic N) is 1. The highest BCUT2D eigenvalue weighted by Gasteiger charge is 2.58. The second kappa shape index (κ2) is 13.3. The van der Waals surface area contributed by atoms with Crippen LogP contribution in [0.4, 0.5) is 0 Å². The molecular weight excluding hydrogens is 506 g/mol. The molecular formula is C37H53NO3. The lowest BCUT2D eigenvalue weighted by atomic mass is 9.84. The lowest BCUT2D eigenvalue weighted by Gasteiger charge is -2.27. The van der Waals surface area contributed by atoms with Gasteiger partial charge in [0.2, 0.25) is 0 Å². The van der Waals surface area contributed by atoms with Gasteiger partial charge in [-0.05, 0) is 92.2 Å². The van der Waals surface area contributed by atoms with Crippen molar-refractivity contribution in [3.63, 3.8) is 0 Å². The summed E-state index contributed by atoms with van der Waals surface area (Å²) in [6, 6.07) is 9.60. The Labute approximate surface area is 249 Å². The van der Waals surface area contributed by atoms with Gasteiger partial charge in [-0.3, -0.25) is 9.69 Å². The van der Waals surface area contributed by atoms with Gasteiger partial charge in [-0.2, -0.15) is 0 Å². The Morgan fingerprint density at radius 3 is 1.68 bits per heavy atom. The molecule has 1 heterocycles. The molecule has 3 aliphatic rings. The summed E-state index contributed by atoms with van der Waals surface area (Å²) < 4.78 is 11.5. The zero-order chi connectivity index (χ0) is 29.1. The van der Waals surface area contributed by atoms with E-state index < -0.39 is 0 Å². The highest BCUT2D eigenvalue weighted by Crippen LogP contribution is 2.51. The van der Waals surface area contributed by atoms with Gasteiger partial charge >= 0.3 is 0 Å². The fourth-order valence-corrected chi connectivity index (χ4v) is 8.59. The highest BCUT2D eigenvalue weighted by molar-refractivity contribution is 5.88. The molecule has 1 unspecified atom stereocenters. The van der Waals surface area contributed by atoms with E-state index in [1.165, 1.54) is 81.8 Å². The predicted molar refractivity (Wildman–Crippen MR) is 168 cm³/mol. The molecule has 1 aliphatic heterocycles. The first-order chi connectivity index (χ1) is 19.8. The molecule has 0 N–H and O–H groups in total. The van der Waals surface area contributed by atoms with E-state index >= 15 is 0 Å². The van der Waals surface area contributed by atoms with E-state index in [-0.39, 0.29) is 12.1 Å². The summed E-state index contributed by atoms with van der Waals surface area (Å²) in [5.41, 5.74) is 7.15. The molecule has 0 bridgehead atoms. The summed E-state index contributed by atoms with van der Waals surface area (Å²) >= 11 is 0. The Bertz CT molecular complexity index is 1100. The Kier molecular flexibility index (Phi) is 9.79. The first-order valence-electron chi connectivity index (χ1n) is 16.4. The third-order valence-corrected chi connectivity index (χ3v) is 10.4. The molecule has 0 radical (unpaired) electrons. The number of methoxy groups -OCH3 is 2. The smallest absolute Gasteiger partial charge is 0.151 e. The number of hydrogen-bond acceptors (Lipinski definition) is 4. The van der Waals surface area contributed by atoms with Gasteiger partial charge in [-0.15, -0.1) is 0 Å². The van der Waals surface area contributed by atoms with Crippen molar-refractivity contribution in [3.8, 4) is 11.5 Å². The Hall–Kier alpha value is -2.33. The molecule has 3 fully saturated rings. The number of hydrogen-bond donors (Lipinski definition) is 0. The molecule has 4 heteroatoms. The molecule has 224 valence electrons. The summed E-state index contributed by atoms with van der Waals surface area (Å²) in [7, 11) is 3.52. The Morgan fingerprint density at radius 2 is 1.22 bits per heavy atom. The Balaban J connectivity index is 1.49. The first-order valence-corrected chi connectivity index (χ1v) is 16.4. The molecule has 2 saturated carbocycles. The second-order valence-corrected chi connectivity index (χ2v) is 13.4. The average Bonchev–Trinajstić information content (AvgIpc) is 3.69. The molecule has 1 saturated heterocycles. The number of ketones is 1. The van der Waals surface area contributed by atoms with Crippen LogP contribution in [-0.2, 0) is 4.79 Å². The summed E-state index contributed by atoms with van der Waals surface area (Å²) in [5, 5.41) is 0. The molecule has 2 aliphatic carbocycles. The molecule has 5 rings (SSSR count). The van der Waals surface area contributed by atoms with E-state index in [9.17, 15) is 4.79 Å². The van der Waals surface area contributed by atoms with Crippen LogP contribution in [0.2, 0.25) is 0 Å². The summed E-state index contributed by atoms with van der Waals surface area (Å²) in [5.74, 6) is 3.84. The molecule has 0 aromatic heterocycles. The Morgan fingerprint density at radius 1 is 0.756 bits per heavy atom. The maximum absolute atomic E-state index is 14.1. The lowest BCUT2D eigenvalue weighted by Crippen LogP contribution is -2.21. The van der Waals surface area contributed by atoms with Crippen LogP contribution in [0.15, 0.2) is 24.3 Å². The van der Waals surface area contributed by atoms with Crippen molar-refractivity contribution in [2.45, 2.75) is 129 Å². The monoisotopic (exact) mass is 559 g/mol. The minimum absolute atomic E-state index is 0.0277. The van der Waals surface area contributed by atoms with Gasteiger partial charge in [0.15, 0.2) is 5.78 Å². The zero-order valence-electron chi connectivity index (χ0n) is 26.6. The molecule has 2 aromatic rings.